The van der Waals surface area contributed by atoms with E-state index in [1.807, 2.05) is 56.3 Å². The Balaban J connectivity index is 1.44. The number of hydrogen-bond donors (Lipinski definition) is 2. The molecule has 1 fully saturated rings. The monoisotopic (exact) mass is 419 g/mol. The minimum atomic E-state index is -0.259. The fourth-order valence-corrected chi connectivity index (χ4v) is 3.46. The van der Waals surface area contributed by atoms with Crippen LogP contribution in [0.5, 0.6) is 0 Å². The van der Waals surface area contributed by atoms with Gasteiger partial charge in [-0.2, -0.15) is 4.98 Å². The number of hydrogen-bond acceptors (Lipinski definition) is 5. The van der Waals surface area contributed by atoms with E-state index in [-0.39, 0.29) is 17.9 Å². The van der Waals surface area contributed by atoms with Gasteiger partial charge in [-0.3, -0.25) is 4.79 Å². The van der Waals surface area contributed by atoms with Gasteiger partial charge in [0, 0.05) is 36.4 Å². The maximum absolute atomic E-state index is 12.5. The lowest BCUT2D eigenvalue weighted by Crippen LogP contribution is -2.31. The number of urea groups is 1. The molecule has 2 aromatic carbocycles. The average Bonchev–Trinajstić information content (AvgIpc) is 3.40. The Morgan fingerprint density at radius 3 is 2.77 bits per heavy atom. The quantitative estimate of drug-likeness (QED) is 0.628. The van der Waals surface area contributed by atoms with Crippen LogP contribution in [0.4, 0.5) is 16.2 Å². The van der Waals surface area contributed by atoms with E-state index in [0.29, 0.717) is 42.8 Å². The molecule has 160 valence electrons. The second-order valence-corrected chi connectivity index (χ2v) is 8.01. The lowest BCUT2D eigenvalue weighted by atomic mass is 10.1. The highest BCUT2D eigenvalue weighted by atomic mass is 16.5. The molecule has 2 N–H and O–H groups in total. The number of para-hydroxylation sites is 1. The second-order valence-electron chi connectivity index (χ2n) is 8.01. The van der Waals surface area contributed by atoms with Crippen LogP contribution >= 0.6 is 0 Å². The van der Waals surface area contributed by atoms with Gasteiger partial charge in [-0.05, 0) is 30.2 Å². The van der Waals surface area contributed by atoms with Crippen LogP contribution in [-0.4, -0.2) is 35.2 Å². The molecule has 8 nitrogen and oxygen atoms in total. The van der Waals surface area contributed by atoms with Crippen molar-refractivity contribution in [1.29, 1.82) is 0 Å². The molecule has 0 radical (unpaired) electrons. The summed E-state index contributed by atoms with van der Waals surface area (Å²) in [5.74, 6) is 1.11. The highest BCUT2D eigenvalue weighted by molar-refractivity contribution is 5.96. The molecule has 1 aliphatic heterocycles. The van der Waals surface area contributed by atoms with Crippen molar-refractivity contribution in [3.8, 4) is 11.4 Å². The third-order valence-electron chi connectivity index (χ3n) is 5.03. The molecule has 3 amide bonds. The van der Waals surface area contributed by atoms with Gasteiger partial charge in [0.25, 0.3) is 0 Å². The van der Waals surface area contributed by atoms with E-state index in [1.54, 1.807) is 17.0 Å². The summed E-state index contributed by atoms with van der Waals surface area (Å²) in [5, 5.41) is 9.72. The summed E-state index contributed by atoms with van der Waals surface area (Å²) < 4.78 is 5.48. The standard InChI is InChI=1S/C23H25N5O3/c1-15(2)13-24-23(30)25-18-8-6-7-16(11-18)21-26-22(31-27-21)17-12-20(29)28(14-17)19-9-4-3-5-10-19/h3-11,15,17H,12-14H2,1-2H3,(H2,24,25,30). The van der Waals surface area contributed by atoms with Crippen molar-refractivity contribution in [3.63, 3.8) is 0 Å². The van der Waals surface area contributed by atoms with E-state index in [2.05, 4.69) is 20.8 Å². The summed E-state index contributed by atoms with van der Waals surface area (Å²) in [6.07, 6.45) is 0.328. The first-order chi connectivity index (χ1) is 15.0. The molecule has 2 heterocycles. The van der Waals surface area contributed by atoms with Crippen LogP contribution < -0.4 is 15.5 Å². The fraction of sp³-hybridized carbons (Fsp3) is 0.304. The molecule has 1 saturated heterocycles. The number of nitrogens with one attached hydrogen (secondary N) is 2. The van der Waals surface area contributed by atoms with E-state index >= 15 is 0 Å². The molecule has 0 bridgehead atoms. The van der Waals surface area contributed by atoms with Crippen molar-refractivity contribution in [2.75, 3.05) is 23.3 Å². The van der Waals surface area contributed by atoms with Gasteiger partial charge in [-0.15, -0.1) is 0 Å². The molecule has 31 heavy (non-hydrogen) atoms. The zero-order chi connectivity index (χ0) is 21.8. The lowest BCUT2D eigenvalue weighted by Gasteiger charge is -2.15. The second kappa shape index (κ2) is 8.99. The summed E-state index contributed by atoms with van der Waals surface area (Å²) in [7, 11) is 0. The average molecular weight is 419 g/mol. The number of carbonyl (C=O) groups excluding carboxylic acids is 2. The molecule has 0 spiro atoms. The zero-order valence-electron chi connectivity index (χ0n) is 17.5. The smallest absolute Gasteiger partial charge is 0.319 e. The van der Waals surface area contributed by atoms with E-state index in [9.17, 15) is 9.59 Å². The van der Waals surface area contributed by atoms with Crippen LogP contribution in [0.15, 0.2) is 59.1 Å². The third-order valence-corrected chi connectivity index (χ3v) is 5.03. The fourth-order valence-electron chi connectivity index (χ4n) is 3.46. The predicted molar refractivity (Wildman–Crippen MR) is 118 cm³/mol. The number of benzene rings is 2. The van der Waals surface area contributed by atoms with Crippen LogP contribution in [0.2, 0.25) is 0 Å². The highest BCUT2D eigenvalue weighted by Crippen LogP contribution is 2.32. The first-order valence-electron chi connectivity index (χ1n) is 10.3. The molecule has 1 aromatic heterocycles. The molecule has 0 aliphatic carbocycles. The van der Waals surface area contributed by atoms with E-state index in [1.165, 1.54) is 0 Å². The van der Waals surface area contributed by atoms with Crippen molar-refractivity contribution in [2.24, 2.45) is 5.92 Å². The summed E-state index contributed by atoms with van der Waals surface area (Å²) in [4.78, 5) is 30.7. The van der Waals surface area contributed by atoms with Crippen molar-refractivity contribution in [3.05, 3.63) is 60.5 Å². The van der Waals surface area contributed by atoms with Gasteiger partial charge in [0.2, 0.25) is 17.6 Å². The Labute approximate surface area is 180 Å². The van der Waals surface area contributed by atoms with Crippen LogP contribution in [0.1, 0.15) is 32.1 Å². The van der Waals surface area contributed by atoms with Gasteiger partial charge in [-0.25, -0.2) is 4.79 Å². The van der Waals surface area contributed by atoms with Gasteiger partial charge in [-0.1, -0.05) is 49.3 Å². The predicted octanol–water partition coefficient (Wildman–Crippen LogP) is 4.03. The summed E-state index contributed by atoms with van der Waals surface area (Å²) >= 11 is 0. The Morgan fingerprint density at radius 1 is 1.19 bits per heavy atom. The summed E-state index contributed by atoms with van der Waals surface area (Å²) in [6.45, 7) is 5.17. The van der Waals surface area contributed by atoms with Crippen LogP contribution in [-0.2, 0) is 4.79 Å². The summed E-state index contributed by atoms with van der Waals surface area (Å²) in [5.41, 5.74) is 2.22. The van der Waals surface area contributed by atoms with Gasteiger partial charge >= 0.3 is 6.03 Å². The molecular weight excluding hydrogens is 394 g/mol. The van der Waals surface area contributed by atoms with Gasteiger partial charge < -0.3 is 20.1 Å². The maximum atomic E-state index is 12.5. The number of aromatic nitrogens is 2. The third kappa shape index (κ3) is 4.91. The maximum Gasteiger partial charge on any atom is 0.319 e. The Morgan fingerprint density at radius 2 is 2.00 bits per heavy atom. The molecule has 1 aliphatic rings. The lowest BCUT2D eigenvalue weighted by molar-refractivity contribution is -0.117. The molecule has 3 aromatic rings. The Hall–Kier alpha value is -3.68. The molecule has 4 rings (SSSR count). The topological polar surface area (TPSA) is 100 Å². The largest absolute Gasteiger partial charge is 0.339 e. The minimum absolute atomic E-state index is 0.0366. The molecule has 0 saturated carbocycles. The van der Waals surface area contributed by atoms with Gasteiger partial charge in [0.15, 0.2) is 0 Å². The minimum Gasteiger partial charge on any atom is -0.339 e. The van der Waals surface area contributed by atoms with Gasteiger partial charge in [0.05, 0.1) is 5.92 Å². The number of amides is 3. The number of rotatable bonds is 6. The first-order valence-corrected chi connectivity index (χ1v) is 10.3. The molecular formula is C23H25N5O3. The molecule has 1 atom stereocenters. The zero-order valence-corrected chi connectivity index (χ0v) is 17.5. The van der Waals surface area contributed by atoms with Crippen molar-refractivity contribution in [2.45, 2.75) is 26.2 Å². The van der Waals surface area contributed by atoms with Crippen LogP contribution in [0, 0.1) is 5.92 Å². The van der Waals surface area contributed by atoms with E-state index < -0.39 is 0 Å². The summed E-state index contributed by atoms with van der Waals surface area (Å²) in [6, 6.07) is 16.6. The Bertz CT molecular complexity index is 1060. The van der Waals surface area contributed by atoms with Crippen LogP contribution in [0.25, 0.3) is 11.4 Å². The van der Waals surface area contributed by atoms with E-state index in [0.717, 1.165) is 11.3 Å². The van der Waals surface area contributed by atoms with Crippen molar-refractivity contribution >= 4 is 23.3 Å². The number of nitrogens with zero attached hydrogens (tertiary/aromatic N) is 3. The highest BCUT2D eigenvalue weighted by Gasteiger charge is 2.35. The van der Waals surface area contributed by atoms with E-state index in [4.69, 9.17) is 4.52 Å². The number of carbonyl (C=O) groups is 2. The van der Waals surface area contributed by atoms with Crippen LogP contribution in [0.3, 0.4) is 0 Å². The molecule has 8 heteroatoms. The SMILES string of the molecule is CC(C)CNC(=O)Nc1cccc(-c2noc(C3CC(=O)N(c4ccccc4)C3)n2)c1. The van der Waals surface area contributed by atoms with Gasteiger partial charge in [0.1, 0.15) is 0 Å². The number of anilines is 2. The van der Waals surface area contributed by atoms with Crippen molar-refractivity contribution in [1.82, 2.24) is 15.5 Å². The van der Waals surface area contributed by atoms with Crippen molar-refractivity contribution < 1.29 is 14.1 Å². The molecule has 1 unspecified atom stereocenters. The normalized spacial score (nSPS) is 16.0. The Kier molecular flexibility index (Phi) is 5.97. The first kappa shape index (κ1) is 20.6.